The van der Waals surface area contributed by atoms with Gasteiger partial charge in [0.15, 0.2) is 6.61 Å². The molecule has 0 atom stereocenters. The molecule has 110 valence electrons. The topological polar surface area (TPSA) is 47.6 Å². The Morgan fingerprint density at radius 3 is 2.65 bits per heavy atom. The van der Waals surface area contributed by atoms with E-state index in [9.17, 15) is 9.18 Å². The normalized spacial score (nSPS) is 17.5. The number of halogens is 1. The van der Waals surface area contributed by atoms with Crippen molar-refractivity contribution in [2.24, 2.45) is 5.41 Å². The highest BCUT2D eigenvalue weighted by molar-refractivity contribution is 5.77. The first-order valence-corrected chi connectivity index (χ1v) is 6.80. The van der Waals surface area contributed by atoms with Gasteiger partial charge in [0.25, 0.3) is 5.91 Å². The van der Waals surface area contributed by atoms with Crippen molar-refractivity contribution >= 4 is 5.91 Å². The van der Waals surface area contributed by atoms with Crippen LogP contribution in [0.1, 0.15) is 19.8 Å². The number of nitrogens with one attached hydrogen (secondary N) is 1. The molecule has 1 N–H and O–H groups in total. The van der Waals surface area contributed by atoms with Crippen LogP contribution >= 0.6 is 0 Å². The van der Waals surface area contributed by atoms with Crippen LogP contribution in [0.2, 0.25) is 0 Å². The van der Waals surface area contributed by atoms with E-state index in [1.54, 1.807) is 0 Å². The molecule has 1 amide bonds. The van der Waals surface area contributed by atoms with Crippen LogP contribution in [-0.4, -0.2) is 32.3 Å². The largest absolute Gasteiger partial charge is 0.484 e. The number of rotatable bonds is 5. The Morgan fingerprint density at radius 2 is 2.00 bits per heavy atom. The van der Waals surface area contributed by atoms with Gasteiger partial charge in [-0.2, -0.15) is 0 Å². The summed E-state index contributed by atoms with van der Waals surface area (Å²) in [5.41, 5.74) is 0.101. The molecule has 1 saturated heterocycles. The maximum absolute atomic E-state index is 12.7. The van der Waals surface area contributed by atoms with Crippen molar-refractivity contribution in [3.63, 3.8) is 0 Å². The Hall–Kier alpha value is -1.62. The molecule has 1 aromatic carbocycles. The van der Waals surface area contributed by atoms with Gasteiger partial charge in [0.1, 0.15) is 11.6 Å². The predicted molar refractivity (Wildman–Crippen MR) is 73.1 cm³/mol. The highest BCUT2D eigenvalue weighted by Gasteiger charge is 2.27. The molecule has 0 saturated carbocycles. The van der Waals surface area contributed by atoms with Crippen molar-refractivity contribution in [1.29, 1.82) is 0 Å². The van der Waals surface area contributed by atoms with Gasteiger partial charge in [-0.15, -0.1) is 0 Å². The van der Waals surface area contributed by atoms with Gasteiger partial charge in [-0.1, -0.05) is 6.92 Å². The van der Waals surface area contributed by atoms with E-state index in [1.807, 2.05) is 0 Å². The number of hydrogen-bond acceptors (Lipinski definition) is 3. The van der Waals surface area contributed by atoms with E-state index in [0.29, 0.717) is 12.3 Å². The Balaban J connectivity index is 1.71. The van der Waals surface area contributed by atoms with Crippen LogP contribution in [0.25, 0.3) is 0 Å². The summed E-state index contributed by atoms with van der Waals surface area (Å²) in [4.78, 5) is 11.7. The minimum Gasteiger partial charge on any atom is -0.484 e. The lowest BCUT2D eigenvalue weighted by atomic mass is 9.82. The molecule has 0 radical (unpaired) electrons. The van der Waals surface area contributed by atoms with Crippen molar-refractivity contribution in [3.8, 4) is 5.75 Å². The van der Waals surface area contributed by atoms with Crippen LogP contribution in [-0.2, 0) is 9.53 Å². The van der Waals surface area contributed by atoms with Crippen LogP contribution in [0, 0.1) is 11.2 Å². The molecule has 1 aliphatic rings. The summed E-state index contributed by atoms with van der Waals surface area (Å²) < 4.78 is 23.3. The second-order valence-corrected chi connectivity index (χ2v) is 5.44. The third kappa shape index (κ3) is 4.49. The zero-order chi connectivity index (χ0) is 14.4. The summed E-state index contributed by atoms with van der Waals surface area (Å²) in [7, 11) is 0. The second-order valence-electron chi connectivity index (χ2n) is 5.44. The predicted octanol–water partition coefficient (Wildman–Crippen LogP) is 2.14. The van der Waals surface area contributed by atoms with Crippen LogP contribution in [0.3, 0.4) is 0 Å². The molecular formula is C15H20FNO3. The second kappa shape index (κ2) is 6.70. The third-order valence-corrected chi connectivity index (χ3v) is 3.60. The maximum Gasteiger partial charge on any atom is 0.257 e. The minimum absolute atomic E-state index is 0.0573. The first-order chi connectivity index (χ1) is 9.57. The van der Waals surface area contributed by atoms with E-state index in [1.165, 1.54) is 24.3 Å². The van der Waals surface area contributed by atoms with Crippen LogP contribution in [0.5, 0.6) is 5.75 Å². The van der Waals surface area contributed by atoms with Crippen molar-refractivity contribution in [1.82, 2.24) is 5.32 Å². The van der Waals surface area contributed by atoms with Gasteiger partial charge in [-0.05, 0) is 42.5 Å². The molecule has 0 unspecified atom stereocenters. The van der Waals surface area contributed by atoms with E-state index in [-0.39, 0.29) is 23.7 Å². The molecule has 0 bridgehead atoms. The first-order valence-electron chi connectivity index (χ1n) is 6.80. The average molecular weight is 281 g/mol. The molecule has 2 rings (SSSR count). The summed E-state index contributed by atoms with van der Waals surface area (Å²) in [5, 5.41) is 2.88. The molecule has 5 heteroatoms. The standard InChI is InChI=1S/C15H20FNO3/c1-15(6-8-19-9-7-15)11-17-14(18)10-20-13-4-2-12(16)3-5-13/h2-5H,6-11H2,1H3,(H,17,18). The lowest BCUT2D eigenvalue weighted by molar-refractivity contribution is -0.124. The molecule has 1 fully saturated rings. The molecular weight excluding hydrogens is 261 g/mol. The number of benzene rings is 1. The van der Waals surface area contributed by atoms with Crippen molar-refractivity contribution < 1.29 is 18.7 Å². The monoisotopic (exact) mass is 281 g/mol. The van der Waals surface area contributed by atoms with Crippen molar-refractivity contribution in [2.75, 3.05) is 26.4 Å². The number of carbonyl (C=O) groups is 1. The van der Waals surface area contributed by atoms with E-state index in [0.717, 1.165) is 26.1 Å². The van der Waals surface area contributed by atoms with Gasteiger partial charge in [-0.25, -0.2) is 4.39 Å². The van der Waals surface area contributed by atoms with Gasteiger partial charge < -0.3 is 14.8 Å². The Kier molecular flexibility index (Phi) is 4.95. The molecule has 0 aromatic heterocycles. The van der Waals surface area contributed by atoms with Gasteiger partial charge in [0, 0.05) is 19.8 Å². The summed E-state index contributed by atoms with van der Waals surface area (Å²) in [5.74, 6) is -0.00452. The van der Waals surface area contributed by atoms with Gasteiger partial charge in [0.2, 0.25) is 0 Å². The number of amides is 1. The van der Waals surface area contributed by atoms with Crippen LogP contribution < -0.4 is 10.1 Å². The SMILES string of the molecule is CC1(CNC(=O)COc2ccc(F)cc2)CCOCC1. The van der Waals surface area contributed by atoms with Gasteiger partial charge in [0.05, 0.1) is 0 Å². The fourth-order valence-electron chi connectivity index (χ4n) is 2.08. The Labute approximate surface area is 118 Å². The van der Waals surface area contributed by atoms with E-state index in [2.05, 4.69) is 12.2 Å². The molecule has 1 aromatic rings. The lowest BCUT2D eigenvalue weighted by Crippen LogP contribution is -2.41. The highest BCUT2D eigenvalue weighted by Crippen LogP contribution is 2.28. The zero-order valence-corrected chi connectivity index (χ0v) is 11.7. The molecule has 20 heavy (non-hydrogen) atoms. The molecule has 0 spiro atoms. The Bertz CT molecular complexity index is 441. The van der Waals surface area contributed by atoms with Crippen LogP contribution in [0.4, 0.5) is 4.39 Å². The summed E-state index contributed by atoms with van der Waals surface area (Å²) in [6, 6.07) is 5.61. The molecule has 0 aliphatic carbocycles. The minimum atomic E-state index is -0.325. The maximum atomic E-state index is 12.7. The van der Waals surface area contributed by atoms with E-state index < -0.39 is 0 Å². The number of carbonyl (C=O) groups excluding carboxylic acids is 1. The van der Waals surface area contributed by atoms with Crippen molar-refractivity contribution in [3.05, 3.63) is 30.1 Å². The van der Waals surface area contributed by atoms with Gasteiger partial charge in [-0.3, -0.25) is 4.79 Å². The van der Waals surface area contributed by atoms with E-state index in [4.69, 9.17) is 9.47 Å². The highest BCUT2D eigenvalue weighted by atomic mass is 19.1. The molecule has 1 heterocycles. The first kappa shape index (κ1) is 14.8. The van der Waals surface area contributed by atoms with E-state index >= 15 is 0 Å². The van der Waals surface area contributed by atoms with Crippen molar-refractivity contribution in [2.45, 2.75) is 19.8 Å². The summed E-state index contributed by atoms with van der Waals surface area (Å²) >= 11 is 0. The fourth-order valence-corrected chi connectivity index (χ4v) is 2.08. The molecule has 1 aliphatic heterocycles. The number of ether oxygens (including phenoxy) is 2. The lowest BCUT2D eigenvalue weighted by Gasteiger charge is -2.33. The quantitative estimate of drug-likeness (QED) is 0.899. The smallest absolute Gasteiger partial charge is 0.257 e. The summed E-state index contributed by atoms with van der Waals surface area (Å²) in [6.07, 6.45) is 1.90. The molecule has 4 nitrogen and oxygen atoms in total. The number of hydrogen-bond donors (Lipinski definition) is 1. The summed E-state index contributed by atoms with van der Waals surface area (Å²) in [6.45, 7) is 4.22. The zero-order valence-electron chi connectivity index (χ0n) is 11.7. The average Bonchev–Trinajstić information content (AvgIpc) is 2.45. The van der Waals surface area contributed by atoms with Gasteiger partial charge >= 0.3 is 0 Å². The van der Waals surface area contributed by atoms with Crippen LogP contribution in [0.15, 0.2) is 24.3 Å². The fraction of sp³-hybridized carbons (Fsp3) is 0.533. The third-order valence-electron chi connectivity index (χ3n) is 3.60. The Morgan fingerprint density at radius 1 is 1.35 bits per heavy atom.